The van der Waals surface area contributed by atoms with E-state index < -0.39 is 24.0 Å². The molecule has 1 amide bonds. The van der Waals surface area contributed by atoms with Gasteiger partial charge in [-0.3, -0.25) is 4.79 Å². The third-order valence-electron chi connectivity index (χ3n) is 3.79. The molecular formula is C20H24N2O4. The van der Waals surface area contributed by atoms with Crippen molar-refractivity contribution in [3.8, 4) is 11.8 Å². The van der Waals surface area contributed by atoms with Gasteiger partial charge in [-0.05, 0) is 36.6 Å². The lowest BCUT2D eigenvalue weighted by molar-refractivity contribution is -0.144. The highest BCUT2D eigenvalue weighted by Gasteiger charge is 2.30. The number of carbonyl (C=O) groups is 2. The van der Waals surface area contributed by atoms with Gasteiger partial charge in [0.2, 0.25) is 0 Å². The van der Waals surface area contributed by atoms with Crippen LogP contribution in [0.2, 0.25) is 0 Å². The number of hydrogen-bond acceptors (Lipinski definition) is 5. The minimum Gasteiger partial charge on any atom is -0.490 e. The fourth-order valence-electron chi connectivity index (χ4n) is 1.81. The van der Waals surface area contributed by atoms with Crippen LogP contribution in [0.25, 0.3) is 6.08 Å². The zero-order chi connectivity index (χ0) is 19.6. The summed E-state index contributed by atoms with van der Waals surface area (Å²) < 4.78 is 10.3. The maximum absolute atomic E-state index is 11.8. The average Bonchev–Trinajstić information content (AvgIpc) is 2.63. The molecule has 6 nitrogen and oxygen atoms in total. The predicted molar refractivity (Wildman–Crippen MR) is 99.1 cm³/mol. The zero-order valence-electron chi connectivity index (χ0n) is 15.3. The number of ether oxygens (including phenoxy) is 2. The van der Waals surface area contributed by atoms with Gasteiger partial charge in [-0.25, -0.2) is 4.79 Å². The summed E-state index contributed by atoms with van der Waals surface area (Å²) in [4.78, 5) is 23.5. The summed E-state index contributed by atoms with van der Waals surface area (Å²) in [5.74, 6) is -0.541. The van der Waals surface area contributed by atoms with E-state index in [1.165, 1.54) is 6.08 Å². The second kappa shape index (κ2) is 10.0. The van der Waals surface area contributed by atoms with Crippen LogP contribution >= 0.6 is 0 Å². The van der Waals surface area contributed by atoms with Crippen molar-refractivity contribution in [3.63, 3.8) is 0 Å². The smallest absolute Gasteiger partial charge is 0.331 e. The van der Waals surface area contributed by atoms with E-state index >= 15 is 0 Å². The van der Waals surface area contributed by atoms with Crippen molar-refractivity contribution >= 4 is 18.0 Å². The van der Waals surface area contributed by atoms with E-state index in [2.05, 4.69) is 18.0 Å². The van der Waals surface area contributed by atoms with Crippen molar-refractivity contribution in [3.05, 3.63) is 48.6 Å². The molecule has 0 aliphatic carbocycles. The van der Waals surface area contributed by atoms with Crippen molar-refractivity contribution in [2.75, 3.05) is 13.2 Å². The third-order valence-corrected chi connectivity index (χ3v) is 3.79. The van der Waals surface area contributed by atoms with Gasteiger partial charge in [-0.1, -0.05) is 38.6 Å². The maximum atomic E-state index is 11.8. The zero-order valence-corrected chi connectivity index (χ0v) is 15.3. The van der Waals surface area contributed by atoms with Crippen LogP contribution in [0.4, 0.5) is 0 Å². The molecule has 1 aromatic rings. The largest absolute Gasteiger partial charge is 0.490 e. The Hall–Kier alpha value is -3.07. The molecule has 0 fully saturated rings. The lowest BCUT2D eigenvalue weighted by Gasteiger charge is -2.27. The van der Waals surface area contributed by atoms with Crippen LogP contribution in [0.3, 0.4) is 0 Å². The lowest BCUT2D eigenvalue weighted by atomic mass is 9.90. The molecule has 26 heavy (non-hydrogen) atoms. The highest BCUT2D eigenvalue weighted by molar-refractivity contribution is 5.89. The monoisotopic (exact) mass is 356 g/mol. The standard InChI is InChI=1S/C20H24N2O4/c1-5-12-25-17-9-6-16(7-10-17)8-11-19(24)26-13-18(23)22-20(4,14-21)15(2)3/h5-11,15H,1,12-13H2,2-4H3,(H,22,23). The van der Waals surface area contributed by atoms with Crippen LogP contribution in [0.1, 0.15) is 26.3 Å². The fourth-order valence-corrected chi connectivity index (χ4v) is 1.81. The molecule has 1 aromatic carbocycles. The first kappa shape index (κ1) is 21.0. The topological polar surface area (TPSA) is 88.4 Å². The Balaban J connectivity index is 2.49. The fraction of sp³-hybridized carbons (Fsp3) is 0.350. The van der Waals surface area contributed by atoms with Crippen LogP contribution in [-0.2, 0) is 14.3 Å². The highest BCUT2D eigenvalue weighted by atomic mass is 16.5. The number of nitrogens with one attached hydrogen (secondary N) is 1. The average molecular weight is 356 g/mol. The highest BCUT2D eigenvalue weighted by Crippen LogP contribution is 2.15. The number of rotatable bonds is 9. The second-order valence-electron chi connectivity index (χ2n) is 6.13. The van der Waals surface area contributed by atoms with Gasteiger partial charge in [0.1, 0.15) is 17.9 Å². The molecule has 1 atom stereocenters. The third kappa shape index (κ3) is 6.81. The molecule has 0 aliphatic rings. The predicted octanol–water partition coefficient (Wildman–Crippen LogP) is 2.86. The molecule has 138 valence electrons. The molecule has 0 bridgehead atoms. The molecule has 0 saturated carbocycles. The molecule has 1 rings (SSSR count). The van der Waals surface area contributed by atoms with E-state index in [9.17, 15) is 9.59 Å². The van der Waals surface area contributed by atoms with Crippen molar-refractivity contribution in [1.82, 2.24) is 5.32 Å². The van der Waals surface area contributed by atoms with Gasteiger partial charge >= 0.3 is 5.97 Å². The van der Waals surface area contributed by atoms with Gasteiger partial charge in [0.15, 0.2) is 6.61 Å². The minimum absolute atomic E-state index is 0.0783. The van der Waals surface area contributed by atoms with Crippen molar-refractivity contribution < 1.29 is 19.1 Å². The van der Waals surface area contributed by atoms with E-state index in [0.717, 1.165) is 5.56 Å². The van der Waals surface area contributed by atoms with Crippen molar-refractivity contribution in [2.24, 2.45) is 5.92 Å². The first-order valence-electron chi connectivity index (χ1n) is 8.21. The SMILES string of the molecule is C=CCOc1ccc(C=CC(=O)OCC(=O)NC(C)(C#N)C(C)C)cc1. The molecule has 6 heteroatoms. The lowest BCUT2D eigenvalue weighted by Crippen LogP contribution is -2.50. The Morgan fingerprint density at radius 3 is 2.54 bits per heavy atom. The number of esters is 1. The summed E-state index contributed by atoms with van der Waals surface area (Å²) in [7, 11) is 0. The summed E-state index contributed by atoms with van der Waals surface area (Å²) in [6.45, 7) is 8.83. The van der Waals surface area contributed by atoms with Gasteiger partial charge in [0.05, 0.1) is 6.07 Å². The quantitative estimate of drug-likeness (QED) is 0.417. The van der Waals surface area contributed by atoms with Crippen LogP contribution in [0.5, 0.6) is 5.75 Å². The van der Waals surface area contributed by atoms with Crippen molar-refractivity contribution in [2.45, 2.75) is 26.3 Å². The Kier molecular flexibility index (Phi) is 8.10. The summed E-state index contributed by atoms with van der Waals surface area (Å²) >= 11 is 0. The molecule has 0 aromatic heterocycles. The number of hydrogen-bond donors (Lipinski definition) is 1. The number of nitrogens with zero attached hydrogens (tertiary/aromatic N) is 1. The van der Waals surface area contributed by atoms with Crippen LogP contribution < -0.4 is 10.1 Å². The molecule has 0 aliphatic heterocycles. The summed E-state index contributed by atoms with van der Waals surface area (Å²) in [5.41, 5.74) is -0.219. The summed E-state index contributed by atoms with van der Waals surface area (Å²) in [6.07, 6.45) is 4.46. The first-order valence-corrected chi connectivity index (χ1v) is 8.21. The van der Waals surface area contributed by atoms with Crippen LogP contribution in [-0.4, -0.2) is 30.6 Å². The van der Waals surface area contributed by atoms with Gasteiger partial charge in [0.25, 0.3) is 5.91 Å². The second-order valence-corrected chi connectivity index (χ2v) is 6.13. The number of nitriles is 1. The molecule has 1 N–H and O–H groups in total. The van der Waals surface area contributed by atoms with Gasteiger partial charge < -0.3 is 14.8 Å². The normalized spacial score (nSPS) is 12.9. The van der Waals surface area contributed by atoms with E-state index in [-0.39, 0.29) is 5.92 Å². The molecule has 1 unspecified atom stereocenters. The van der Waals surface area contributed by atoms with Gasteiger partial charge in [-0.15, -0.1) is 0 Å². The van der Waals surface area contributed by atoms with E-state index in [1.54, 1.807) is 43.3 Å². The molecule has 0 radical (unpaired) electrons. The summed E-state index contributed by atoms with van der Waals surface area (Å²) in [5, 5.41) is 11.7. The molecule has 0 heterocycles. The molecule has 0 saturated heterocycles. The Morgan fingerprint density at radius 1 is 1.35 bits per heavy atom. The minimum atomic E-state index is -1.01. The van der Waals surface area contributed by atoms with Crippen LogP contribution in [0.15, 0.2) is 43.0 Å². The molecule has 0 spiro atoms. The maximum Gasteiger partial charge on any atom is 0.331 e. The van der Waals surface area contributed by atoms with Crippen molar-refractivity contribution in [1.29, 1.82) is 5.26 Å². The Bertz CT molecular complexity index is 702. The number of benzene rings is 1. The van der Waals surface area contributed by atoms with E-state index in [0.29, 0.717) is 12.4 Å². The first-order chi connectivity index (χ1) is 12.3. The molecular weight excluding hydrogens is 332 g/mol. The van der Waals surface area contributed by atoms with Gasteiger partial charge in [0, 0.05) is 6.08 Å². The van der Waals surface area contributed by atoms with E-state index in [1.807, 2.05) is 13.8 Å². The Labute approximate surface area is 154 Å². The van der Waals surface area contributed by atoms with Gasteiger partial charge in [-0.2, -0.15) is 5.26 Å². The Morgan fingerprint density at radius 2 is 2.00 bits per heavy atom. The van der Waals surface area contributed by atoms with E-state index in [4.69, 9.17) is 14.7 Å². The van der Waals surface area contributed by atoms with Crippen LogP contribution in [0, 0.1) is 17.2 Å². The summed E-state index contributed by atoms with van der Waals surface area (Å²) in [6, 6.07) is 9.18. The number of carbonyl (C=O) groups excluding carboxylic acids is 2. The number of amides is 1.